The number of esters is 1. The molecule has 0 aliphatic carbocycles. The van der Waals surface area contributed by atoms with Gasteiger partial charge in [-0.2, -0.15) is 0 Å². The van der Waals surface area contributed by atoms with Crippen molar-refractivity contribution in [2.45, 2.75) is 12.5 Å². The summed E-state index contributed by atoms with van der Waals surface area (Å²) < 4.78 is 10.2. The fraction of sp³-hybridized carbons (Fsp3) is 0.316. The van der Waals surface area contributed by atoms with Crippen molar-refractivity contribution in [2.24, 2.45) is 0 Å². The molecular formula is C19H24ClNO4. The van der Waals surface area contributed by atoms with Gasteiger partial charge in [-0.1, -0.05) is 42.5 Å². The number of halogens is 1. The van der Waals surface area contributed by atoms with E-state index in [1.165, 1.54) is 7.11 Å². The first-order chi connectivity index (χ1) is 11.7. The molecule has 0 heterocycles. The van der Waals surface area contributed by atoms with E-state index >= 15 is 0 Å². The quantitative estimate of drug-likeness (QED) is 0.528. The number of ether oxygens (including phenoxy) is 2. The molecule has 2 aromatic carbocycles. The third-order valence-corrected chi connectivity index (χ3v) is 3.57. The van der Waals surface area contributed by atoms with Crippen LogP contribution in [0.4, 0.5) is 0 Å². The van der Waals surface area contributed by atoms with Gasteiger partial charge in [0.05, 0.1) is 19.6 Å². The molecule has 136 valence electrons. The van der Waals surface area contributed by atoms with Gasteiger partial charge in [0.2, 0.25) is 0 Å². The second-order valence-corrected chi connectivity index (χ2v) is 5.38. The summed E-state index contributed by atoms with van der Waals surface area (Å²) in [4.78, 5) is 11.2. The van der Waals surface area contributed by atoms with Gasteiger partial charge in [-0.15, -0.1) is 12.4 Å². The minimum Gasteiger partial charge on any atom is -0.492 e. The first kappa shape index (κ1) is 21.0. The maximum absolute atomic E-state index is 11.2. The normalized spacial score (nSPS) is 11.3. The summed E-state index contributed by atoms with van der Waals surface area (Å²) in [5, 5.41) is 13.2. The Morgan fingerprint density at radius 1 is 1.12 bits per heavy atom. The van der Waals surface area contributed by atoms with E-state index in [1.54, 1.807) is 0 Å². The van der Waals surface area contributed by atoms with Crippen molar-refractivity contribution in [2.75, 3.05) is 26.8 Å². The fourth-order valence-corrected chi connectivity index (χ4v) is 2.22. The van der Waals surface area contributed by atoms with Crippen molar-refractivity contribution in [3.8, 4) is 5.75 Å². The van der Waals surface area contributed by atoms with Crippen molar-refractivity contribution in [3.05, 3.63) is 65.7 Å². The zero-order chi connectivity index (χ0) is 17.2. The van der Waals surface area contributed by atoms with Crippen LogP contribution in [0.1, 0.15) is 17.2 Å². The van der Waals surface area contributed by atoms with Crippen LogP contribution in [0.5, 0.6) is 5.75 Å². The SMILES string of the molecule is COC(=O)Cc1ccc(OCCNC[C@H](O)c2ccccc2)cc1.Cl. The van der Waals surface area contributed by atoms with Crippen molar-refractivity contribution < 1.29 is 19.4 Å². The van der Waals surface area contributed by atoms with Crippen molar-refractivity contribution in [3.63, 3.8) is 0 Å². The lowest BCUT2D eigenvalue weighted by atomic mass is 10.1. The number of nitrogens with one attached hydrogen (secondary N) is 1. The number of methoxy groups -OCH3 is 1. The molecule has 0 fully saturated rings. The summed E-state index contributed by atoms with van der Waals surface area (Å²) in [7, 11) is 1.38. The molecule has 2 rings (SSSR count). The summed E-state index contributed by atoms with van der Waals surface area (Å²) in [6.07, 6.45) is -0.265. The summed E-state index contributed by atoms with van der Waals surface area (Å²) in [6.45, 7) is 1.61. The van der Waals surface area contributed by atoms with E-state index in [0.29, 0.717) is 19.7 Å². The molecular weight excluding hydrogens is 342 g/mol. The molecule has 25 heavy (non-hydrogen) atoms. The zero-order valence-electron chi connectivity index (χ0n) is 14.2. The van der Waals surface area contributed by atoms with Gasteiger partial charge in [0.25, 0.3) is 0 Å². The van der Waals surface area contributed by atoms with Gasteiger partial charge < -0.3 is 19.9 Å². The molecule has 1 atom stereocenters. The number of hydrogen-bond acceptors (Lipinski definition) is 5. The minimum atomic E-state index is -0.524. The van der Waals surface area contributed by atoms with E-state index in [0.717, 1.165) is 16.9 Å². The Hall–Kier alpha value is -2.08. The number of aliphatic hydroxyl groups excluding tert-OH is 1. The van der Waals surface area contributed by atoms with Crippen LogP contribution < -0.4 is 10.1 Å². The van der Waals surface area contributed by atoms with Crippen molar-refractivity contribution in [1.82, 2.24) is 5.32 Å². The highest BCUT2D eigenvalue weighted by Gasteiger charge is 2.06. The molecule has 0 aliphatic rings. The second kappa shape index (κ2) is 11.5. The van der Waals surface area contributed by atoms with Crippen LogP contribution in [-0.2, 0) is 16.0 Å². The third-order valence-electron chi connectivity index (χ3n) is 3.57. The van der Waals surface area contributed by atoms with Crippen LogP contribution in [0.2, 0.25) is 0 Å². The Morgan fingerprint density at radius 3 is 2.44 bits per heavy atom. The summed E-state index contributed by atoms with van der Waals surface area (Å²) in [5.41, 5.74) is 1.78. The predicted octanol–water partition coefficient (Wildman–Crippen LogP) is 2.53. The zero-order valence-corrected chi connectivity index (χ0v) is 15.0. The maximum atomic E-state index is 11.2. The van der Waals surface area contributed by atoms with Crippen LogP contribution in [0.25, 0.3) is 0 Å². The van der Waals surface area contributed by atoms with Gasteiger partial charge >= 0.3 is 5.97 Å². The number of carbonyl (C=O) groups is 1. The minimum absolute atomic E-state index is 0. The van der Waals surface area contributed by atoms with E-state index in [4.69, 9.17) is 4.74 Å². The Balaban J connectivity index is 0.00000312. The van der Waals surface area contributed by atoms with Gasteiger partial charge in [-0.05, 0) is 23.3 Å². The molecule has 0 unspecified atom stereocenters. The lowest BCUT2D eigenvalue weighted by molar-refractivity contribution is -0.139. The second-order valence-electron chi connectivity index (χ2n) is 5.38. The van der Waals surface area contributed by atoms with Crippen molar-refractivity contribution >= 4 is 18.4 Å². The number of carbonyl (C=O) groups excluding carboxylic acids is 1. The van der Waals surface area contributed by atoms with E-state index in [9.17, 15) is 9.90 Å². The molecule has 0 radical (unpaired) electrons. The number of hydrogen-bond donors (Lipinski definition) is 2. The first-order valence-electron chi connectivity index (χ1n) is 7.91. The Kier molecular flexibility index (Phi) is 9.62. The molecule has 0 saturated heterocycles. The average Bonchev–Trinajstić information content (AvgIpc) is 2.63. The standard InChI is InChI=1S/C19H23NO4.ClH/c1-23-19(22)13-15-7-9-17(10-8-15)24-12-11-20-14-18(21)16-5-3-2-4-6-16;/h2-10,18,20-21H,11-14H2,1H3;1H/t18-;/m0./s1. The smallest absolute Gasteiger partial charge is 0.309 e. The predicted molar refractivity (Wildman–Crippen MR) is 99.2 cm³/mol. The molecule has 0 bridgehead atoms. The molecule has 0 aliphatic heterocycles. The lowest BCUT2D eigenvalue weighted by Crippen LogP contribution is -2.26. The van der Waals surface area contributed by atoms with E-state index in [1.807, 2.05) is 54.6 Å². The van der Waals surface area contributed by atoms with Crippen LogP contribution in [0.3, 0.4) is 0 Å². The van der Waals surface area contributed by atoms with E-state index in [2.05, 4.69) is 10.1 Å². The van der Waals surface area contributed by atoms with E-state index < -0.39 is 6.10 Å². The lowest BCUT2D eigenvalue weighted by Gasteiger charge is -2.12. The summed E-state index contributed by atoms with van der Waals surface area (Å²) in [6, 6.07) is 16.9. The summed E-state index contributed by atoms with van der Waals surface area (Å²) >= 11 is 0. The Bertz CT molecular complexity index is 619. The highest BCUT2D eigenvalue weighted by molar-refractivity contribution is 5.85. The average molecular weight is 366 g/mol. The molecule has 0 spiro atoms. The van der Waals surface area contributed by atoms with Crippen molar-refractivity contribution in [1.29, 1.82) is 0 Å². The Labute approximate surface area is 154 Å². The highest BCUT2D eigenvalue weighted by atomic mass is 35.5. The maximum Gasteiger partial charge on any atom is 0.309 e. The van der Waals surface area contributed by atoms with Crippen LogP contribution >= 0.6 is 12.4 Å². The van der Waals surface area contributed by atoms with Gasteiger partial charge in [-0.25, -0.2) is 0 Å². The van der Waals surface area contributed by atoms with Crippen LogP contribution in [-0.4, -0.2) is 37.9 Å². The first-order valence-corrected chi connectivity index (χ1v) is 7.91. The molecule has 2 aromatic rings. The van der Waals surface area contributed by atoms with E-state index in [-0.39, 0.29) is 24.8 Å². The summed E-state index contributed by atoms with van der Waals surface area (Å²) in [5.74, 6) is 0.485. The van der Waals surface area contributed by atoms with Gasteiger partial charge in [-0.3, -0.25) is 4.79 Å². The third kappa shape index (κ3) is 7.56. The van der Waals surface area contributed by atoms with Crippen LogP contribution in [0.15, 0.2) is 54.6 Å². The number of rotatable bonds is 9. The molecule has 0 saturated carbocycles. The molecule has 5 nitrogen and oxygen atoms in total. The number of benzene rings is 2. The van der Waals surface area contributed by atoms with Crippen LogP contribution in [0, 0.1) is 0 Å². The molecule has 2 N–H and O–H groups in total. The fourth-order valence-electron chi connectivity index (χ4n) is 2.22. The number of aliphatic hydroxyl groups is 1. The molecule has 6 heteroatoms. The highest BCUT2D eigenvalue weighted by Crippen LogP contribution is 2.13. The van der Waals surface area contributed by atoms with Gasteiger partial charge in [0.15, 0.2) is 0 Å². The molecule has 0 aromatic heterocycles. The Morgan fingerprint density at radius 2 is 1.80 bits per heavy atom. The van der Waals surface area contributed by atoms with Gasteiger partial charge in [0, 0.05) is 13.1 Å². The topological polar surface area (TPSA) is 67.8 Å². The largest absolute Gasteiger partial charge is 0.492 e. The van der Waals surface area contributed by atoms with Gasteiger partial charge in [0.1, 0.15) is 12.4 Å². The molecule has 0 amide bonds. The monoisotopic (exact) mass is 365 g/mol.